The fourth-order valence-corrected chi connectivity index (χ4v) is 5.42. The van der Waals surface area contributed by atoms with Crippen LogP contribution in [0.15, 0.2) is 97.6 Å². The molecule has 4 heterocycles. The number of unbranched alkanes of at least 4 members (excludes halogenated alkanes) is 1. The summed E-state index contributed by atoms with van der Waals surface area (Å²) in [4.78, 5) is 35.3. The van der Waals surface area contributed by atoms with Crippen LogP contribution in [0.3, 0.4) is 0 Å². The number of benzene rings is 2. The maximum absolute atomic E-state index is 13.5. The van der Waals surface area contributed by atoms with Crippen LogP contribution in [0.2, 0.25) is 0 Å². The molecular formula is C38H38N8O2. The molecule has 0 spiro atoms. The van der Waals surface area contributed by atoms with Crippen molar-refractivity contribution in [2.75, 3.05) is 10.6 Å². The number of carbonyl (C=O) groups excluding carboxylic acids is 2. The minimum atomic E-state index is -0.231. The van der Waals surface area contributed by atoms with Crippen molar-refractivity contribution in [1.29, 1.82) is 0 Å². The Hall–Kier alpha value is -5.90. The first kappa shape index (κ1) is 32.1. The van der Waals surface area contributed by atoms with E-state index in [2.05, 4.69) is 20.6 Å². The van der Waals surface area contributed by atoms with Crippen LogP contribution < -0.4 is 10.6 Å². The zero-order valence-corrected chi connectivity index (χ0v) is 27.6. The summed E-state index contributed by atoms with van der Waals surface area (Å²) in [5.41, 5.74) is 10.1. The standard InChI is InChI=1S/C38H38N8O2/c1-25-7-9-31(21-27(25)3)41-37(47)35-23-33(29-11-15-39-16-12-29)43-45(35)19-5-6-20-46-36(24-34(44-46)30-13-17-40-18-14-30)38(48)42-32-10-8-26(2)28(4)22-32/h7-18,21-24H,5-6,19-20H2,1-4H3,(H,41,47)(H,42,48). The Morgan fingerprint density at radius 2 is 0.938 bits per heavy atom. The van der Waals surface area contributed by atoms with Gasteiger partial charge in [-0.3, -0.25) is 28.9 Å². The monoisotopic (exact) mass is 638 g/mol. The molecule has 10 nitrogen and oxygen atoms in total. The van der Waals surface area contributed by atoms with Crippen LogP contribution in [0.4, 0.5) is 11.4 Å². The number of aryl methyl sites for hydroxylation is 6. The third-order valence-corrected chi connectivity index (χ3v) is 8.50. The Balaban J connectivity index is 1.20. The highest BCUT2D eigenvalue weighted by Gasteiger charge is 2.19. The summed E-state index contributed by atoms with van der Waals surface area (Å²) >= 11 is 0. The van der Waals surface area contributed by atoms with E-state index in [1.807, 2.05) is 100 Å². The molecular weight excluding hydrogens is 600 g/mol. The predicted molar refractivity (Wildman–Crippen MR) is 188 cm³/mol. The summed E-state index contributed by atoms with van der Waals surface area (Å²) in [6.07, 6.45) is 8.24. The zero-order valence-electron chi connectivity index (χ0n) is 27.6. The Morgan fingerprint density at radius 3 is 1.31 bits per heavy atom. The van der Waals surface area contributed by atoms with Crippen LogP contribution in [0.5, 0.6) is 0 Å². The van der Waals surface area contributed by atoms with Gasteiger partial charge in [-0.2, -0.15) is 10.2 Å². The summed E-state index contributed by atoms with van der Waals surface area (Å²) in [5, 5.41) is 15.7. The average molecular weight is 639 g/mol. The molecule has 6 aromatic rings. The number of anilines is 2. The Kier molecular flexibility index (Phi) is 9.52. The SMILES string of the molecule is Cc1ccc(NC(=O)c2cc(-c3ccncc3)nn2CCCCn2nc(-c3ccncc3)cc2C(=O)Nc2ccc(C)c(C)c2)cc1C. The van der Waals surface area contributed by atoms with Gasteiger partial charge in [0, 0.05) is 60.4 Å². The highest BCUT2D eigenvalue weighted by Crippen LogP contribution is 2.23. The lowest BCUT2D eigenvalue weighted by atomic mass is 10.1. The van der Waals surface area contributed by atoms with E-state index >= 15 is 0 Å². The van der Waals surface area contributed by atoms with E-state index in [1.54, 1.807) is 34.2 Å². The van der Waals surface area contributed by atoms with E-state index in [0.717, 1.165) is 44.8 Å². The Bertz CT molecular complexity index is 1920. The second kappa shape index (κ2) is 14.3. The smallest absolute Gasteiger partial charge is 0.273 e. The minimum absolute atomic E-state index is 0.231. The van der Waals surface area contributed by atoms with Gasteiger partial charge in [0.25, 0.3) is 11.8 Å². The quantitative estimate of drug-likeness (QED) is 0.143. The van der Waals surface area contributed by atoms with Gasteiger partial charge in [0.1, 0.15) is 11.4 Å². The molecule has 0 aliphatic rings. The molecule has 0 atom stereocenters. The van der Waals surface area contributed by atoms with Crippen LogP contribution in [0.25, 0.3) is 22.5 Å². The van der Waals surface area contributed by atoms with Crippen molar-refractivity contribution >= 4 is 23.2 Å². The van der Waals surface area contributed by atoms with Crippen molar-refractivity contribution in [3.05, 3.63) is 131 Å². The van der Waals surface area contributed by atoms with Crippen LogP contribution in [0, 0.1) is 27.7 Å². The molecule has 0 unspecified atom stereocenters. The van der Waals surface area contributed by atoms with Gasteiger partial charge in [-0.15, -0.1) is 0 Å². The maximum atomic E-state index is 13.5. The number of rotatable bonds is 11. The van der Waals surface area contributed by atoms with Crippen LogP contribution >= 0.6 is 0 Å². The molecule has 242 valence electrons. The third-order valence-electron chi connectivity index (χ3n) is 8.50. The summed E-state index contributed by atoms with van der Waals surface area (Å²) < 4.78 is 3.51. The third kappa shape index (κ3) is 7.39. The highest BCUT2D eigenvalue weighted by atomic mass is 16.2. The first-order valence-corrected chi connectivity index (χ1v) is 16.0. The summed E-state index contributed by atoms with van der Waals surface area (Å²) in [6, 6.07) is 22.9. The second-order valence-electron chi connectivity index (χ2n) is 12.0. The number of nitrogens with zero attached hydrogens (tertiary/aromatic N) is 6. The Labute approximate surface area is 279 Å². The molecule has 0 radical (unpaired) electrons. The fourth-order valence-electron chi connectivity index (χ4n) is 5.42. The second-order valence-corrected chi connectivity index (χ2v) is 12.0. The normalized spacial score (nSPS) is 11.0. The van der Waals surface area contributed by atoms with E-state index in [1.165, 1.54) is 0 Å². The first-order chi connectivity index (χ1) is 23.2. The number of hydrogen-bond acceptors (Lipinski definition) is 6. The molecule has 2 aromatic carbocycles. The number of pyridine rings is 2. The molecule has 48 heavy (non-hydrogen) atoms. The molecule has 10 heteroatoms. The van der Waals surface area contributed by atoms with Gasteiger partial charge in [0.05, 0.1) is 11.4 Å². The molecule has 0 aliphatic carbocycles. The molecule has 0 bridgehead atoms. The number of nitrogens with one attached hydrogen (secondary N) is 2. The van der Waals surface area contributed by atoms with Gasteiger partial charge in [0.2, 0.25) is 0 Å². The molecule has 0 saturated heterocycles. The van der Waals surface area contributed by atoms with Gasteiger partial charge in [-0.25, -0.2) is 0 Å². The van der Waals surface area contributed by atoms with Gasteiger partial charge < -0.3 is 10.6 Å². The molecule has 0 aliphatic heterocycles. The molecule has 2 amide bonds. The maximum Gasteiger partial charge on any atom is 0.273 e. The molecule has 6 rings (SSSR count). The van der Waals surface area contributed by atoms with Gasteiger partial charge in [0.15, 0.2) is 0 Å². The van der Waals surface area contributed by atoms with Crippen molar-refractivity contribution in [1.82, 2.24) is 29.5 Å². The number of amides is 2. The van der Waals surface area contributed by atoms with E-state index in [-0.39, 0.29) is 11.8 Å². The van der Waals surface area contributed by atoms with E-state index in [9.17, 15) is 9.59 Å². The lowest BCUT2D eigenvalue weighted by Crippen LogP contribution is -2.19. The van der Waals surface area contributed by atoms with Crippen LogP contribution in [-0.2, 0) is 13.1 Å². The van der Waals surface area contributed by atoms with Crippen molar-refractivity contribution in [2.45, 2.75) is 53.6 Å². The van der Waals surface area contributed by atoms with Crippen molar-refractivity contribution in [2.24, 2.45) is 0 Å². The molecule has 0 saturated carbocycles. The number of carbonyl (C=O) groups is 2. The van der Waals surface area contributed by atoms with E-state index in [0.29, 0.717) is 48.7 Å². The largest absolute Gasteiger partial charge is 0.321 e. The zero-order chi connectivity index (χ0) is 33.6. The topological polar surface area (TPSA) is 120 Å². The number of aromatic nitrogens is 6. The van der Waals surface area contributed by atoms with Gasteiger partial charge in [-0.1, -0.05) is 12.1 Å². The Morgan fingerprint density at radius 1 is 0.542 bits per heavy atom. The van der Waals surface area contributed by atoms with Crippen molar-refractivity contribution in [3.8, 4) is 22.5 Å². The summed E-state index contributed by atoms with van der Waals surface area (Å²) in [5.74, 6) is -0.462. The molecule has 2 N–H and O–H groups in total. The fraction of sp³-hybridized carbons (Fsp3) is 0.211. The van der Waals surface area contributed by atoms with E-state index in [4.69, 9.17) is 10.2 Å². The van der Waals surface area contributed by atoms with Crippen molar-refractivity contribution < 1.29 is 9.59 Å². The lowest BCUT2D eigenvalue weighted by molar-refractivity contribution is 0.100. The van der Waals surface area contributed by atoms with Gasteiger partial charge in [-0.05, 0) is 123 Å². The van der Waals surface area contributed by atoms with Crippen molar-refractivity contribution in [3.63, 3.8) is 0 Å². The molecule has 0 fully saturated rings. The minimum Gasteiger partial charge on any atom is -0.321 e. The summed E-state index contributed by atoms with van der Waals surface area (Å²) in [6.45, 7) is 9.14. The lowest BCUT2D eigenvalue weighted by Gasteiger charge is -2.11. The predicted octanol–water partition coefficient (Wildman–Crippen LogP) is 7.42. The van der Waals surface area contributed by atoms with Gasteiger partial charge >= 0.3 is 0 Å². The van der Waals surface area contributed by atoms with Crippen LogP contribution in [0.1, 0.15) is 56.1 Å². The average Bonchev–Trinajstić information content (AvgIpc) is 3.73. The van der Waals surface area contributed by atoms with E-state index < -0.39 is 0 Å². The highest BCUT2D eigenvalue weighted by molar-refractivity contribution is 6.04. The first-order valence-electron chi connectivity index (χ1n) is 16.0. The number of hydrogen-bond donors (Lipinski definition) is 2. The summed E-state index contributed by atoms with van der Waals surface area (Å²) in [7, 11) is 0. The molecule has 4 aromatic heterocycles. The van der Waals surface area contributed by atoms with Crippen LogP contribution in [-0.4, -0.2) is 41.3 Å².